The summed E-state index contributed by atoms with van der Waals surface area (Å²) in [6.45, 7) is 5.95. The third kappa shape index (κ3) is 6.74. The quantitative estimate of drug-likeness (QED) is 0.333. The lowest BCUT2D eigenvalue weighted by Gasteiger charge is -2.11. The number of nitrogens with one attached hydrogen (secondary N) is 2. The van der Waals surface area contributed by atoms with Gasteiger partial charge in [0.1, 0.15) is 4.21 Å². The van der Waals surface area contributed by atoms with Crippen LogP contribution in [-0.2, 0) is 23.1 Å². The molecule has 150 valence electrons. The summed E-state index contributed by atoms with van der Waals surface area (Å²) in [5, 5.41) is 6.48. The second-order valence-corrected chi connectivity index (χ2v) is 9.53. The Bertz CT molecular complexity index is 864. The summed E-state index contributed by atoms with van der Waals surface area (Å²) >= 11 is 1.27. The van der Waals surface area contributed by atoms with Gasteiger partial charge in [-0.2, -0.15) is 0 Å². The Kier molecular flexibility index (Phi) is 9.71. The van der Waals surface area contributed by atoms with Gasteiger partial charge in [-0.3, -0.25) is 0 Å². The van der Waals surface area contributed by atoms with Gasteiger partial charge in [0.25, 0.3) is 10.0 Å². The van der Waals surface area contributed by atoms with E-state index in [0.29, 0.717) is 23.3 Å². The first-order chi connectivity index (χ1) is 12.3. The molecule has 0 bridgehead atoms. The van der Waals surface area contributed by atoms with E-state index in [1.165, 1.54) is 40.9 Å². The Hall–Kier alpha value is -1.17. The molecule has 0 saturated carbocycles. The van der Waals surface area contributed by atoms with Crippen LogP contribution in [0.2, 0.25) is 0 Å². The maximum atomic E-state index is 12.2. The normalized spacial score (nSPS) is 12.0. The molecule has 1 aromatic carbocycles. The number of halogens is 1. The topological polar surface area (TPSA) is 73.8 Å². The molecule has 0 atom stereocenters. The van der Waals surface area contributed by atoms with Crippen molar-refractivity contribution < 1.29 is 8.42 Å². The lowest BCUT2D eigenvalue weighted by atomic mass is 10.1. The van der Waals surface area contributed by atoms with Crippen molar-refractivity contribution in [3.05, 3.63) is 52.4 Å². The maximum Gasteiger partial charge on any atom is 0.252 e. The summed E-state index contributed by atoms with van der Waals surface area (Å²) < 4.78 is 25.9. The van der Waals surface area contributed by atoms with Crippen LogP contribution in [0.25, 0.3) is 0 Å². The summed E-state index contributed by atoms with van der Waals surface area (Å²) in [5.74, 6) is 0.709. The molecule has 27 heavy (non-hydrogen) atoms. The standard InChI is InChI=1S/C18H26N4O2S2.HI/c1-5-19-18(20-12-15-9-7-6-8-14(15)2)21-13-16-10-11-17(25-16)26(23,24)22(3)4;/h6-11H,5,12-13H2,1-4H3,(H2,19,20,21);1H. The minimum absolute atomic E-state index is 0. The number of aryl methyl sites for hydroxylation is 1. The molecule has 0 aliphatic heterocycles. The van der Waals surface area contributed by atoms with E-state index in [2.05, 4.69) is 34.7 Å². The van der Waals surface area contributed by atoms with Crippen LogP contribution in [-0.4, -0.2) is 39.3 Å². The first-order valence-corrected chi connectivity index (χ1v) is 10.7. The predicted molar refractivity (Wildman–Crippen MR) is 123 cm³/mol. The van der Waals surface area contributed by atoms with Crippen LogP contribution in [0, 0.1) is 6.92 Å². The highest BCUT2D eigenvalue weighted by atomic mass is 127. The van der Waals surface area contributed by atoms with Crippen LogP contribution in [0.1, 0.15) is 22.9 Å². The number of hydrogen-bond acceptors (Lipinski definition) is 4. The molecule has 0 saturated heterocycles. The molecule has 6 nitrogen and oxygen atoms in total. The van der Waals surface area contributed by atoms with E-state index in [1.54, 1.807) is 6.07 Å². The Morgan fingerprint density at radius 1 is 1.15 bits per heavy atom. The van der Waals surface area contributed by atoms with Crippen molar-refractivity contribution in [1.82, 2.24) is 14.9 Å². The monoisotopic (exact) mass is 522 g/mol. The van der Waals surface area contributed by atoms with Crippen molar-refractivity contribution >= 4 is 51.3 Å². The minimum atomic E-state index is -3.38. The highest BCUT2D eigenvalue weighted by Crippen LogP contribution is 2.23. The van der Waals surface area contributed by atoms with E-state index in [1.807, 2.05) is 25.1 Å². The summed E-state index contributed by atoms with van der Waals surface area (Å²) in [6, 6.07) is 11.6. The van der Waals surface area contributed by atoms with Crippen LogP contribution in [0.15, 0.2) is 45.6 Å². The number of hydrogen-bond donors (Lipinski definition) is 2. The predicted octanol–water partition coefficient (Wildman–Crippen LogP) is 3.18. The van der Waals surface area contributed by atoms with E-state index in [-0.39, 0.29) is 24.0 Å². The second kappa shape index (κ2) is 11.0. The summed E-state index contributed by atoms with van der Waals surface area (Å²) in [7, 11) is -0.305. The van der Waals surface area contributed by atoms with Gasteiger partial charge in [-0.1, -0.05) is 24.3 Å². The molecule has 1 aromatic heterocycles. The highest BCUT2D eigenvalue weighted by Gasteiger charge is 2.19. The third-order valence-electron chi connectivity index (χ3n) is 3.82. The number of guanidine groups is 1. The SMILES string of the molecule is CCNC(=NCc1ccccc1C)NCc1ccc(S(=O)(=O)N(C)C)s1.I. The molecule has 0 radical (unpaired) electrons. The largest absolute Gasteiger partial charge is 0.357 e. The van der Waals surface area contributed by atoms with Gasteiger partial charge in [-0.25, -0.2) is 17.7 Å². The zero-order valence-electron chi connectivity index (χ0n) is 16.0. The van der Waals surface area contributed by atoms with Crippen molar-refractivity contribution in [2.24, 2.45) is 4.99 Å². The zero-order chi connectivity index (χ0) is 19.2. The molecule has 0 amide bonds. The Balaban J connectivity index is 0.00000364. The van der Waals surface area contributed by atoms with Crippen molar-refractivity contribution in [3.63, 3.8) is 0 Å². The van der Waals surface area contributed by atoms with E-state index in [0.717, 1.165) is 11.4 Å². The van der Waals surface area contributed by atoms with Gasteiger partial charge in [0.2, 0.25) is 0 Å². The number of thiophene rings is 1. The third-order valence-corrected chi connectivity index (χ3v) is 7.18. The fourth-order valence-electron chi connectivity index (χ4n) is 2.24. The Morgan fingerprint density at radius 2 is 1.85 bits per heavy atom. The molecule has 0 unspecified atom stereocenters. The molecule has 0 spiro atoms. The Labute approximate surface area is 183 Å². The summed E-state index contributed by atoms with van der Waals surface area (Å²) in [5.41, 5.74) is 2.39. The van der Waals surface area contributed by atoms with Crippen molar-refractivity contribution in [1.29, 1.82) is 0 Å². The van der Waals surface area contributed by atoms with Gasteiger partial charge in [-0.05, 0) is 37.1 Å². The molecule has 2 N–H and O–H groups in total. The van der Waals surface area contributed by atoms with E-state index in [4.69, 9.17) is 0 Å². The van der Waals surface area contributed by atoms with E-state index in [9.17, 15) is 8.42 Å². The second-order valence-electron chi connectivity index (χ2n) is 5.98. The van der Waals surface area contributed by atoms with Gasteiger partial charge in [0.15, 0.2) is 5.96 Å². The van der Waals surface area contributed by atoms with E-state index < -0.39 is 10.0 Å². The highest BCUT2D eigenvalue weighted by molar-refractivity contribution is 14.0. The van der Waals surface area contributed by atoms with Crippen molar-refractivity contribution in [2.45, 2.75) is 31.1 Å². The Morgan fingerprint density at radius 3 is 2.48 bits per heavy atom. The fourth-order valence-corrected chi connectivity index (χ4v) is 4.70. The van der Waals surface area contributed by atoms with Crippen LogP contribution in [0.4, 0.5) is 0 Å². The molecule has 0 aliphatic carbocycles. The zero-order valence-corrected chi connectivity index (χ0v) is 20.0. The molecule has 2 rings (SSSR count). The number of benzene rings is 1. The van der Waals surface area contributed by atoms with E-state index >= 15 is 0 Å². The molecule has 1 heterocycles. The first-order valence-electron chi connectivity index (χ1n) is 8.42. The number of aliphatic imine (C=N–C) groups is 1. The van der Waals surface area contributed by atoms with Gasteiger partial charge in [-0.15, -0.1) is 35.3 Å². The maximum absolute atomic E-state index is 12.2. The molecule has 0 fully saturated rings. The van der Waals surface area contributed by atoms with Crippen LogP contribution in [0.5, 0.6) is 0 Å². The number of sulfonamides is 1. The summed E-state index contributed by atoms with van der Waals surface area (Å²) in [4.78, 5) is 5.55. The average Bonchev–Trinajstić information content (AvgIpc) is 3.08. The van der Waals surface area contributed by atoms with Gasteiger partial charge in [0, 0.05) is 25.5 Å². The molecule has 9 heteroatoms. The van der Waals surface area contributed by atoms with Crippen LogP contribution >= 0.6 is 35.3 Å². The number of nitrogens with zero attached hydrogens (tertiary/aromatic N) is 2. The molecular formula is C18H27IN4O2S2. The smallest absolute Gasteiger partial charge is 0.252 e. The van der Waals surface area contributed by atoms with Crippen molar-refractivity contribution in [2.75, 3.05) is 20.6 Å². The van der Waals surface area contributed by atoms with Gasteiger partial charge >= 0.3 is 0 Å². The van der Waals surface area contributed by atoms with Crippen LogP contribution < -0.4 is 10.6 Å². The first kappa shape index (κ1) is 23.9. The van der Waals surface area contributed by atoms with Gasteiger partial charge < -0.3 is 10.6 Å². The van der Waals surface area contributed by atoms with Gasteiger partial charge in [0.05, 0.1) is 13.1 Å². The summed E-state index contributed by atoms with van der Waals surface area (Å²) in [6.07, 6.45) is 0. The average molecular weight is 522 g/mol. The lowest BCUT2D eigenvalue weighted by molar-refractivity contribution is 0.523. The lowest BCUT2D eigenvalue weighted by Crippen LogP contribution is -2.36. The number of rotatable bonds is 7. The fraction of sp³-hybridized carbons (Fsp3) is 0.389. The molecule has 0 aliphatic rings. The minimum Gasteiger partial charge on any atom is -0.357 e. The molecule has 2 aromatic rings. The molecular weight excluding hydrogens is 495 g/mol. The van der Waals surface area contributed by atoms with Crippen LogP contribution in [0.3, 0.4) is 0 Å². The van der Waals surface area contributed by atoms with Crippen molar-refractivity contribution in [3.8, 4) is 0 Å².